The molecule has 0 aliphatic heterocycles. The van der Waals surface area contributed by atoms with E-state index in [1.165, 1.54) is 5.56 Å². The zero-order valence-corrected chi connectivity index (χ0v) is 10.3. The molecule has 2 aromatic heterocycles. The third-order valence-corrected chi connectivity index (χ3v) is 3.42. The molecule has 0 spiro atoms. The van der Waals surface area contributed by atoms with Crippen molar-refractivity contribution in [1.82, 2.24) is 9.97 Å². The van der Waals surface area contributed by atoms with Crippen molar-refractivity contribution in [3.05, 3.63) is 34.5 Å². The molecular formula is C12H15N3S. The third-order valence-electron chi connectivity index (χ3n) is 2.56. The zero-order chi connectivity index (χ0) is 11.5. The van der Waals surface area contributed by atoms with Crippen molar-refractivity contribution in [1.29, 1.82) is 0 Å². The molecule has 2 rings (SSSR count). The van der Waals surface area contributed by atoms with Crippen LogP contribution in [-0.2, 0) is 6.42 Å². The van der Waals surface area contributed by atoms with Gasteiger partial charge in [0.25, 0.3) is 0 Å². The quantitative estimate of drug-likeness (QED) is 0.885. The molecule has 0 aromatic carbocycles. The molecule has 84 valence electrons. The van der Waals surface area contributed by atoms with Crippen molar-refractivity contribution in [2.45, 2.75) is 20.3 Å². The number of aromatic nitrogens is 2. The number of nitrogens with zero attached hydrogens (tertiary/aromatic N) is 2. The highest BCUT2D eigenvalue weighted by atomic mass is 32.1. The Bertz CT molecular complexity index is 454. The molecule has 0 aliphatic carbocycles. The summed E-state index contributed by atoms with van der Waals surface area (Å²) in [6.45, 7) is 4.69. The second kappa shape index (κ2) is 4.72. The lowest BCUT2D eigenvalue weighted by molar-refractivity contribution is 0.899. The minimum atomic E-state index is 0.642. The predicted octanol–water partition coefficient (Wildman–Crippen LogP) is 2.32. The maximum atomic E-state index is 5.58. The summed E-state index contributed by atoms with van der Waals surface area (Å²) in [6, 6.07) is 4.06. The van der Waals surface area contributed by atoms with Crippen molar-refractivity contribution in [2.24, 2.45) is 5.73 Å². The Balaban J connectivity index is 2.45. The Morgan fingerprint density at radius 2 is 1.94 bits per heavy atom. The number of hydrogen-bond acceptors (Lipinski definition) is 4. The van der Waals surface area contributed by atoms with E-state index in [2.05, 4.69) is 9.97 Å². The van der Waals surface area contributed by atoms with E-state index in [4.69, 9.17) is 5.73 Å². The molecule has 3 nitrogen and oxygen atoms in total. The largest absolute Gasteiger partial charge is 0.330 e. The van der Waals surface area contributed by atoms with Crippen molar-refractivity contribution in [3.8, 4) is 10.7 Å². The summed E-state index contributed by atoms with van der Waals surface area (Å²) >= 11 is 1.66. The molecule has 0 bridgehead atoms. The minimum absolute atomic E-state index is 0.642. The number of thiophene rings is 1. The van der Waals surface area contributed by atoms with Crippen LogP contribution in [0.25, 0.3) is 10.7 Å². The first-order chi connectivity index (χ1) is 7.72. The van der Waals surface area contributed by atoms with Gasteiger partial charge in [-0.25, -0.2) is 9.97 Å². The monoisotopic (exact) mass is 233 g/mol. The molecule has 2 N–H and O–H groups in total. The fourth-order valence-electron chi connectivity index (χ4n) is 1.76. The number of nitrogens with two attached hydrogens (primary N) is 1. The molecule has 2 heterocycles. The second-order valence-electron chi connectivity index (χ2n) is 3.71. The van der Waals surface area contributed by atoms with Crippen molar-refractivity contribution >= 4 is 11.3 Å². The molecule has 0 saturated heterocycles. The van der Waals surface area contributed by atoms with E-state index in [9.17, 15) is 0 Å². The van der Waals surface area contributed by atoms with Crippen LogP contribution in [0.5, 0.6) is 0 Å². The summed E-state index contributed by atoms with van der Waals surface area (Å²) in [5.74, 6) is 0.825. The first-order valence-electron chi connectivity index (χ1n) is 5.30. The minimum Gasteiger partial charge on any atom is -0.330 e. The van der Waals surface area contributed by atoms with Crippen LogP contribution in [0.1, 0.15) is 17.0 Å². The van der Waals surface area contributed by atoms with Gasteiger partial charge in [0.05, 0.1) is 4.88 Å². The van der Waals surface area contributed by atoms with E-state index in [1.807, 2.05) is 31.4 Å². The summed E-state index contributed by atoms with van der Waals surface area (Å²) in [6.07, 6.45) is 0.850. The SMILES string of the molecule is Cc1nc(-c2cccs2)nc(C)c1CCN. The molecule has 16 heavy (non-hydrogen) atoms. The maximum Gasteiger partial charge on any atom is 0.169 e. The summed E-state index contributed by atoms with van der Waals surface area (Å²) in [5.41, 5.74) is 8.85. The van der Waals surface area contributed by atoms with E-state index in [1.54, 1.807) is 11.3 Å². The highest BCUT2D eigenvalue weighted by Gasteiger charge is 2.09. The zero-order valence-electron chi connectivity index (χ0n) is 9.53. The second-order valence-corrected chi connectivity index (χ2v) is 4.66. The average Bonchev–Trinajstić information content (AvgIpc) is 2.76. The summed E-state index contributed by atoms with van der Waals surface area (Å²) in [5, 5.41) is 2.04. The Morgan fingerprint density at radius 3 is 2.44 bits per heavy atom. The van der Waals surface area contributed by atoms with Crippen molar-refractivity contribution in [2.75, 3.05) is 6.54 Å². The van der Waals surface area contributed by atoms with Crippen molar-refractivity contribution in [3.63, 3.8) is 0 Å². The van der Waals surface area contributed by atoms with Crippen LogP contribution in [0.3, 0.4) is 0 Å². The molecule has 0 aliphatic rings. The fourth-order valence-corrected chi connectivity index (χ4v) is 2.42. The van der Waals surface area contributed by atoms with Gasteiger partial charge in [-0.15, -0.1) is 11.3 Å². The first kappa shape index (κ1) is 11.2. The Hall–Kier alpha value is -1.26. The van der Waals surface area contributed by atoms with Crippen LogP contribution in [0.4, 0.5) is 0 Å². The average molecular weight is 233 g/mol. The molecule has 0 radical (unpaired) electrons. The van der Waals surface area contributed by atoms with Crippen LogP contribution in [-0.4, -0.2) is 16.5 Å². The summed E-state index contributed by atoms with van der Waals surface area (Å²) < 4.78 is 0. The Labute approximate surface area is 99.4 Å². The van der Waals surface area contributed by atoms with Gasteiger partial charge in [0.1, 0.15) is 0 Å². The molecule has 0 saturated carbocycles. The molecule has 0 fully saturated rings. The van der Waals surface area contributed by atoms with Gasteiger partial charge in [0.2, 0.25) is 0 Å². The predicted molar refractivity (Wildman–Crippen MR) is 67.6 cm³/mol. The van der Waals surface area contributed by atoms with Gasteiger partial charge in [-0.3, -0.25) is 0 Å². The van der Waals surface area contributed by atoms with Gasteiger partial charge in [0.15, 0.2) is 5.82 Å². The van der Waals surface area contributed by atoms with Gasteiger partial charge in [-0.05, 0) is 43.8 Å². The van der Waals surface area contributed by atoms with E-state index >= 15 is 0 Å². The summed E-state index contributed by atoms with van der Waals surface area (Å²) in [7, 11) is 0. The Morgan fingerprint density at radius 1 is 1.25 bits per heavy atom. The van der Waals surface area contributed by atoms with Crippen LogP contribution in [0, 0.1) is 13.8 Å². The van der Waals surface area contributed by atoms with Gasteiger partial charge in [-0.1, -0.05) is 6.07 Å². The summed E-state index contributed by atoms with van der Waals surface area (Å²) in [4.78, 5) is 10.2. The standard InChI is InChI=1S/C12H15N3S/c1-8-10(5-6-13)9(2)15-12(14-8)11-4-3-7-16-11/h3-4,7H,5-6,13H2,1-2H3. The molecular weight excluding hydrogens is 218 g/mol. The lowest BCUT2D eigenvalue weighted by Crippen LogP contribution is -2.09. The number of aryl methyl sites for hydroxylation is 2. The van der Waals surface area contributed by atoms with Crippen LogP contribution in [0.2, 0.25) is 0 Å². The highest BCUT2D eigenvalue weighted by molar-refractivity contribution is 7.13. The maximum absolute atomic E-state index is 5.58. The molecule has 2 aromatic rings. The molecule has 0 atom stereocenters. The van der Waals surface area contributed by atoms with Crippen LogP contribution in [0.15, 0.2) is 17.5 Å². The van der Waals surface area contributed by atoms with Crippen LogP contribution >= 0.6 is 11.3 Å². The number of rotatable bonds is 3. The molecule has 0 unspecified atom stereocenters. The van der Waals surface area contributed by atoms with Crippen molar-refractivity contribution < 1.29 is 0 Å². The fraction of sp³-hybridized carbons (Fsp3) is 0.333. The van der Waals surface area contributed by atoms with E-state index in [-0.39, 0.29) is 0 Å². The van der Waals surface area contributed by atoms with Crippen LogP contribution < -0.4 is 5.73 Å². The normalized spacial score (nSPS) is 10.7. The van der Waals surface area contributed by atoms with Gasteiger partial charge in [-0.2, -0.15) is 0 Å². The molecule has 0 amide bonds. The van der Waals surface area contributed by atoms with Gasteiger partial charge < -0.3 is 5.73 Å². The highest BCUT2D eigenvalue weighted by Crippen LogP contribution is 2.23. The smallest absolute Gasteiger partial charge is 0.169 e. The Kier molecular flexibility index (Phi) is 3.31. The first-order valence-corrected chi connectivity index (χ1v) is 6.18. The van der Waals surface area contributed by atoms with E-state index < -0.39 is 0 Å². The van der Waals surface area contributed by atoms with E-state index in [0.717, 1.165) is 28.5 Å². The lowest BCUT2D eigenvalue weighted by atomic mass is 10.1. The van der Waals surface area contributed by atoms with Gasteiger partial charge >= 0.3 is 0 Å². The van der Waals surface area contributed by atoms with Gasteiger partial charge in [0, 0.05) is 11.4 Å². The topological polar surface area (TPSA) is 51.8 Å². The molecule has 4 heteroatoms. The third kappa shape index (κ3) is 2.13. The lowest BCUT2D eigenvalue weighted by Gasteiger charge is -2.08. The number of hydrogen-bond donors (Lipinski definition) is 1. The van der Waals surface area contributed by atoms with E-state index in [0.29, 0.717) is 6.54 Å².